The fourth-order valence-electron chi connectivity index (χ4n) is 2.71. The second-order valence-corrected chi connectivity index (χ2v) is 5.53. The fraction of sp³-hybridized carbons (Fsp3) is 0.733. The van der Waals surface area contributed by atoms with Crippen LogP contribution in [0.2, 0.25) is 0 Å². The molecule has 18 heavy (non-hydrogen) atoms. The quantitative estimate of drug-likeness (QED) is 0.754. The number of hydrogen-bond acceptors (Lipinski definition) is 3. The van der Waals surface area contributed by atoms with Crippen LogP contribution in [0.1, 0.15) is 37.9 Å². The monoisotopic (exact) mass is 250 g/mol. The van der Waals surface area contributed by atoms with Crippen molar-refractivity contribution in [3.8, 4) is 0 Å². The highest BCUT2D eigenvalue weighted by Crippen LogP contribution is 2.22. The van der Waals surface area contributed by atoms with E-state index in [2.05, 4.69) is 17.3 Å². The molecule has 0 saturated heterocycles. The SMILES string of the molecule is CN(CCNCC1CCCCC1)Cc1ccco1. The maximum atomic E-state index is 5.34. The van der Waals surface area contributed by atoms with Crippen LogP contribution in [0.4, 0.5) is 0 Å². The molecule has 3 nitrogen and oxygen atoms in total. The standard InChI is InChI=1S/C15H26N2O/c1-17(13-15-8-5-11-18-15)10-9-16-12-14-6-3-2-4-7-14/h5,8,11,14,16H,2-4,6-7,9-10,12-13H2,1H3. The molecule has 3 heteroatoms. The lowest BCUT2D eigenvalue weighted by molar-refractivity contribution is 0.284. The highest BCUT2D eigenvalue weighted by atomic mass is 16.3. The maximum absolute atomic E-state index is 5.34. The Morgan fingerprint density at radius 2 is 2.17 bits per heavy atom. The number of nitrogens with zero attached hydrogens (tertiary/aromatic N) is 1. The highest BCUT2D eigenvalue weighted by Gasteiger charge is 2.12. The normalized spacial score (nSPS) is 17.4. The summed E-state index contributed by atoms with van der Waals surface area (Å²) in [6, 6.07) is 3.98. The molecule has 1 fully saturated rings. The zero-order valence-corrected chi connectivity index (χ0v) is 11.5. The van der Waals surface area contributed by atoms with Crippen molar-refractivity contribution in [2.45, 2.75) is 38.6 Å². The van der Waals surface area contributed by atoms with Crippen LogP contribution in [0.25, 0.3) is 0 Å². The van der Waals surface area contributed by atoms with Crippen LogP contribution in [0.5, 0.6) is 0 Å². The molecule has 0 aromatic carbocycles. The van der Waals surface area contributed by atoms with Crippen molar-refractivity contribution in [2.75, 3.05) is 26.7 Å². The summed E-state index contributed by atoms with van der Waals surface area (Å²) < 4.78 is 5.34. The lowest BCUT2D eigenvalue weighted by atomic mass is 9.89. The first-order valence-electron chi connectivity index (χ1n) is 7.26. The summed E-state index contributed by atoms with van der Waals surface area (Å²) in [5.41, 5.74) is 0. The van der Waals surface area contributed by atoms with Crippen LogP contribution in [-0.4, -0.2) is 31.6 Å². The van der Waals surface area contributed by atoms with Crippen LogP contribution in [0.15, 0.2) is 22.8 Å². The van der Waals surface area contributed by atoms with E-state index in [0.717, 1.165) is 31.3 Å². The molecule has 1 aliphatic rings. The first kappa shape index (κ1) is 13.6. The number of nitrogens with one attached hydrogen (secondary N) is 1. The van der Waals surface area contributed by atoms with Gasteiger partial charge in [0, 0.05) is 13.1 Å². The molecule has 0 bridgehead atoms. The Bertz CT molecular complexity index is 304. The van der Waals surface area contributed by atoms with Gasteiger partial charge in [-0.25, -0.2) is 0 Å². The number of furan rings is 1. The third kappa shape index (κ3) is 4.83. The fourth-order valence-corrected chi connectivity index (χ4v) is 2.71. The predicted octanol–water partition coefficient (Wildman–Crippen LogP) is 2.88. The first-order chi connectivity index (χ1) is 8.84. The molecule has 0 amide bonds. The minimum Gasteiger partial charge on any atom is -0.468 e. The Hall–Kier alpha value is -0.800. The Kier molecular flexibility index (Phi) is 5.75. The zero-order chi connectivity index (χ0) is 12.6. The predicted molar refractivity (Wildman–Crippen MR) is 74.5 cm³/mol. The molecular formula is C15H26N2O. The Balaban J connectivity index is 1.52. The van der Waals surface area contributed by atoms with Gasteiger partial charge in [-0.05, 0) is 44.5 Å². The van der Waals surface area contributed by atoms with Crippen LogP contribution < -0.4 is 5.32 Å². The van der Waals surface area contributed by atoms with Gasteiger partial charge in [0.05, 0.1) is 12.8 Å². The summed E-state index contributed by atoms with van der Waals surface area (Å²) in [6.07, 6.45) is 8.91. The minimum absolute atomic E-state index is 0.901. The van der Waals surface area contributed by atoms with Gasteiger partial charge < -0.3 is 9.73 Å². The number of hydrogen-bond donors (Lipinski definition) is 1. The molecule has 0 atom stereocenters. The van der Waals surface area contributed by atoms with Gasteiger partial charge in [-0.2, -0.15) is 0 Å². The number of likely N-dealkylation sites (N-methyl/N-ethyl adjacent to an activating group) is 1. The topological polar surface area (TPSA) is 28.4 Å². The third-order valence-corrected chi connectivity index (χ3v) is 3.83. The van der Waals surface area contributed by atoms with Crippen LogP contribution in [0, 0.1) is 5.92 Å². The molecule has 1 heterocycles. The Morgan fingerprint density at radius 3 is 2.89 bits per heavy atom. The molecule has 1 aromatic rings. The molecule has 0 radical (unpaired) electrons. The smallest absolute Gasteiger partial charge is 0.117 e. The molecule has 1 aliphatic carbocycles. The minimum atomic E-state index is 0.901. The van der Waals surface area contributed by atoms with Crippen LogP contribution >= 0.6 is 0 Å². The van der Waals surface area contributed by atoms with Crippen molar-refractivity contribution in [3.05, 3.63) is 24.2 Å². The van der Waals surface area contributed by atoms with Crippen LogP contribution in [-0.2, 0) is 6.54 Å². The van der Waals surface area contributed by atoms with E-state index in [-0.39, 0.29) is 0 Å². The average molecular weight is 250 g/mol. The summed E-state index contributed by atoms with van der Waals surface area (Å²) >= 11 is 0. The summed E-state index contributed by atoms with van der Waals surface area (Å²) in [7, 11) is 2.14. The van der Waals surface area contributed by atoms with Crippen molar-refractivity contribution in [3.63, 3.8) is 0 Å². The molecule has 0 spiro atoms. The molecule has 1 aromatic heterocycles. The summed E-state index contributed by atoms with van der Waals surface area (Å²) in [4.78, 5) is 2.30. The van der Waals surface area contributed by atoms with Crippen molar-refractivity contribution < 1.29 is 4.42 Å². The Morgan fingerprint density at radius 1 is 1.33 bits per heavy atom. The largest absolute Gasteiger partial charge is 0.468 e. The van der Waals surface area contributed by atoms with Gasteiger partial charge >= 0.3 is 0 Å². The van der Waals surface area contributed by atoms with Gasteiger partial charge in [-0.3, -0.25) is 4.90 Å². The first-order valence-corrected chi connectivity index (χ1v) is 7.26. The summed E-state index contributed by atoms with van der Waals surface area (Å²) in [5, 5.41) is 3.59. The van der Waals surface area contributed by atoms with Crippen LogP contribution in [0.3, 0.4) is 0 Å². The van der Waals surface area contributed by atoms with Gasteiger partial charge in [0.2, 0.25) is 0 Å². The molecule has 2 rings (SSSR count). The van der Waals surface area contributed by atoms with E-state index in [1.165, 1.54) is 38.6 Å². The zero-order valence-electron chi connectivity index (χ0n) is 11.5. The molecule has 0 aliphatic heterocycles. The molecule has 1 N–H and O–H groups in total. The third-order valence-electron chi connectivity index (χ3n) is 3.83. The van der Waals surface area contributed by atoms with E-state index in [9.17, 15) is 0 Å². The molecule has 1 saturated carbocycles. The van der Waals surface area contributed by atoms with E-state index >= 15 is 0 Å². The van der Waals surface area contributed by atoms with E-state index < -0.39 is 0 Å². The Labute approximate surface area is 111 Å². The van der Waals surface area contributed by atoms with Gasteiger partial charge in [-0.1, -0.05) is 19.3 Å². The molecule has 102 valence electrons. The highest BCUT2D eigenvalue weighted by molar-refractivity contribution is 4.97. The molecule has 0 unspecified atom stereocenters. The van der Waals surface area contributed by atoms with Crippen molar-refractivity contribution in [1.82, 2.24) is 10.2 Å². The maximum Gasteiger partial charge on any atom is 0.117 e. The lowest BCUT2D eigenvalue weighted by Crippen LogP contribution is -2.32. The van der Waals surface area contributed by atoms with E-state index in [0.29, 0.717) is 0 Å². The molecular weight excluding hydrogens is 224 g/mol. The second-order valence-electron chi connectivity index (χ2n) is 5.53. The average Bonchev–Trinajstić information content (AvgIpc) is 2.89. The van der Waals surface area contributed by atoms with E-state index in [1.54, 1.807) is 6.26 Å². The second kappa shape index (κ2) is 7.59. The summed E-state index contributed by atoms with van der Waals surface area (Å²) in [6.45, 7) is 4.26. The lowest BCUT2D eigenvalue weighted by Gasteiger charge is -2.22. The number of rotatable bonds is 7. The van der Waals surface area contributed by atoms with Gasteiger partial charge in [0.15, 0.2) is 0 Å². The summed E-state index contributed by atoms with van der Waals surface area (Å²) in [5.74, 6) is 1.97. The van der Waals surface area contributed by atoms with Gasteiger partial charge in [0.25, 0.3) is 0 Å². The van der Waals surface area contributed by atoms with E-state index in [1.807, 2.05) is 12.1 Å². The van der Waals surface area contributed by atoms with Crippen molar-refractivity contribution >= 4 is 0 Å². The van der Waals surface area contributed by atoms with E-state index in [4.69, 9.17) is 4.42 Å². The van der Waals surface area contributed by atoms with Crippen molar-refractivity contribution in [1.29, 1.82) is 0 Å². The van der Waals surface area contributed by atoms with Gasteiger partial charge in [-0.15, -0.1) is 0 Å². The van der Waals surface area contributed by atoms with Crippen molar-refractivity contribution in [2.24, 2.45) is 5.92 Å². The van der Waals surface area contributed by atoms with Gasteiger partial charge in [0.1, 0.15) is 5.76 Å².